The fourth-order valence-corrected chi connectivity index (χ4v) is 7.32. The van der Waals surface area contributed by atoms with Gasteiger partial charge in [0.25, 0.3) is 0 Å². The van der Waals surface area contributed by atoms with Gasteiger partial charge in [0.2, 0.25) is 15.9 Å². The van der Waals surface area contributed by atoms with Gasteiger partial charge in [0.05, 0.1) is 12.0 Å². The van der Waals surface area contributed by atoms with Crippen LogP contribution in [0.5, 0.6) is 5.75 Å². The lowest BCUT2D eigenvalue weighted by atomic mass is 9.85. The second kappa shape index (κ2) is 12.7. The number of rotatable bonds is 10. The summed E-state index contributed by atoms with van der Waals surface area (Å²) in [4.78, 5) is 17.9. The Balaban J connectivity index is 1.41. The highest BCUT2D eigenvalue weighted by Crippen LogP contribution is 2.29. The molecule has 1 saturated heterocycles. The van der Waals surface area contributed by atoms with E-state index in [1.54, 1.807) is 33.1 Å². The van der Waals surface area contributed by atoms with E-state index >= 15 is 0 Å². The summed E-state index contributed by atoms with van der Waals surface area (Å²) >= 11 is 0. The normalized spacial score (nSPS) is 22.2. The molecule has 0 spiro atoms. The Bertz CT molecular complexity index is 958. The van der Waals surface area contributed by atoms with Crippen LogP contribution in [0.2, 0.25) is 0 Å². The molecule has 1 saturated carbocycles. The van der Waals surface area contributed by atoms with Crippen molar-refractivity contribution in [3.05, 3.63) is 23.3 Å². The third kappa shape index (κ3) is 7.43. The van der Waals surface area contributed by atoms with E-state index < -0.39 is 10.0 Å². The van der Waals surface area contributed by atoms with Crippen LogP contribution in [0.1, 0.15) is 56.1 Å². The molecule has 1 aliphatic heterocycles. The lowest BCUT2D eigenvalue weighted by molar-refractivity contribution is -0.122. The number of likely N-dealkylation sites (tertiary alicyclic amines) is 1. The largest absolute Gasteiger partial charge is 0.497 e. The topological polar surface area (TPSA) is 82.2 Å². The minimum atomic E-state index is -3.69. The second-order valence-electron chi connectivity index (χ2n) is 10.9. The van der Waals surface area contributed by atoms with E-state index in [1.807, 2.05) is 0 Å². The van der Waals surface area contributed by atoms with Crippen molar-refractivity contribution in [2.45, 2.75) is 75.8 Å². The summed E-state index contributed by atoms with van der Waals surface area (Å²) in [6.45, 7) is 7.23. The Morgan fingerprint density at radius 1 is 1.03 bits per heavy atom. The molecule has 8 nitrogen and oxygen atoms in total. The molecule has 1 amide bonds. The van der Waals surface area contributed by atoms with Gasteiger partial charge < -0.3 is 19.9 Å². The predicted molar refractivity (Wildman–Crippen MR) is 144 cm³/mol. The average Bonchev–Trinajstić information content (AvgIpc) is 2.83. The van der Waals surface area contributed by atoms with Gasteiger partial charge >= 0.3 is 0 Å². The van der Waals surface area contributed by atoms with Gasteiger partial charge in [0, 0.05) is 38.6 Å². The first-order valence-corrected chi connectivity index (χ1v) is 14.7. The summed E-state index contributed by atoms with van der Waals surface area (Å²) in [5.41, 5.74) is 1.28. The fraction of sp³-hybridized carbons (Fsp3) is 0.741. The van der Waals surface area contributed by atoms with Gasteiger partial charge in [-0.15, -0.1) is 0 Å². The Labute approximate surface area is 218 Å². The molecule has 36 heavy (non-hydrogen) atoms. The van der Waals surface area contributed by atoms with Gasteiger partial charge in [-0.1, -0.05) is 0 Å². The van der Waals surface area contributed by atoms with Gasteiger partial charge in [-0.25, -0.2) is 12.7 Å². The summed E-state index contributed by atoms with van der Waals surface area (Å²) in [6.07, 6.45) is 6.95. The maximum absolute atomic E-state index is 13.2. The van der Waals surface area contributed by atoms with Gasteiger partial charge in [0.15, 0.2) is 0 Å². The number of piperidine rings is 1. The Morgan fingerprint density at radius 3 is 2.14 bits per heavy atom. The summed E-state index contributed by atoms with van der Waals surface area (Å²) < 4.78 is 32.9. The molecule has 0 bridgehead atoms. The van der Waals surface area contributed by atoms with Crippen molar-refractivity contribution >= 4 is 15.9 Å². The van der Waals surface area contributed by atoms with Gasteiger partial charge in [-0.2, -0.15) is 0 Å². The van der Waals surface area contributed by atoms with Crippen LogP contribution in [0.15, 0.2) is 17.0 Å². The first kappa shape index (κ1) is 28.9. The van der Waals surface area contributed by atoms with Crippen molar-refractivity contribution in [1.82, 2.24) is 19.4 Å². The first-order chi connectivity index (χ1) is 17.0. The number of hydrogen-bond acceptors (Lipinski definition) is 6. The molecule has 1 aromatic rings. The number of amides is 1. The molecule has 0 atom stereocenters. The molecule has 2 fully saturated rings. The fourth-order valence-electron chi connectivity index (χ4n) is 5.74. The molecule has 1 heterocycles. The van der Waals surface area contributed by atoms with Gasteiger partial charge in [0.1, 0.15) is 5.75 Å². The van der Waals surface area contributed by atoms with E-state index in [0.717, 1.165) is 25.7 Å². The van der Waals surface area contributed by atoms with Crippen molar-refractivity contribution in [3.63, 3.8) is 0 Å². The van der Waals surface area contributed by atoms with Crippen LogP contribution in [-0.2, 0) is 14.8 Å². The van der Waals surface area contributed by atoms with Crippen LogP contribution in [0, 0.1) is 19.8 Å². The molecule has 0 radical (unpaired) electrons. The Morgan fingerprint density at radius 2 is 1.61 bits per heavy atom. The summed E-state index contributed by atoms with van der Waals surface area (Å²) in [6, 6.07) is 4.36. The number of sulfonamides is 1. The highest BCUT2D eigenvalue weighted by Gasteiger charge is 2.28. The molecule has 1 aromatic carbocycles. The summed E-state index contributed by atoms with van der Waals surface area (Å²) in [5, 5.41) is 3.15. The van der Waals surface area contributed by atoms with Crippen molar-refractivity contribution in [2.24, 2.45) is 5.92 Å². The van der Waals surface area contributed by atoms with E-state index in [1.165, 1.54) is 43.8 Å². The van der Waals surface area contributed by atoms with Crippen LogP contribution in [0.3, 0.4) is 0 Å². The number of aryl methyl sites for hydroxylation is 2. The van der Waals surface area contributed by atoms with E-state index in [2.05, 4.69) is 29.2 Å². The minimum Gasteiger partial charge on any atom is -0.497 e. The number of hydrogen-bond donors (Lipinski definition) is 1. The van der Waals surface area contributed by atoms with E-state index in [0.29, 0.717) is 28.8 Å². The number of benzene rings is 1. The summed E-state index contributed by atoms with van der Waals surface area (Å²) in [5.74, 6) is 1.27. The summed E-state index contributed by atoms with van der Waals surface area (Å²) in [7, 11) is 3.76. The standard InChI is InChI=1S/C27H46N4O4S/c1-20-17-25(35-6)18-21(2)27(20)36(33,34)30(5)14-13-26(32)28-23-9-7-22(8-10-23)19-31-15-11-24(12-16-31)29(3)4/h17-18,22-24H,7-16,19H2,1-6H3,(H,28,32)/t22-,23-. The smallest absolute Gasteiger partial charge is 0.243 e. The third-order valence-corrected chi connectivity index (χ3v) is 10.2. The number of methoxy groups -OCH3 is 1. The Hall–Kier alpha value is -1.68. The molecule has 3 rings (SSSR count). The van der Waals surface area contributed by atoms with Crippen molar-refractivity contribution in [2.75, 3.05) is 54.4 Å². The zero-order chi connectivity index (χ0) is 26.5. The molecule has 2 aliphatic rings. The zero-order valence-corrected chi connectivity index (χ0v) is 23.9. The van der Waals surface area contributed by atoms with E-state index in [4.69, 9.17) is 4.74 Å². The number of carbonyl (C=O) groups is 1. The van der Waals surface area contributed by atoms with E-state index in [9.17, 15) is 13.2 Å². The molecular formula is C27H46N4O4S. The van der Waals surface area contributed by atoms with Crippen molar-refractivity contribution in [3.8, 4) is 5.75 Å². The second-order valence-corrected chi connectivity index (χ2v) is 12.9. The lowest BCUT2D eigenvalue weighted by Gasteiger charge is -2.38. The SMILES string of the molecule is COc1cc(C)c(S(=O)(=O)N(C)CCC(=O)N[C@H]2CC[C@H](CN3CCC(N(C)C)CC3)CC2)c(C)c1. The predicted octanol–water partition coefficient (Wildman–Crippen LogP) is 3.02. The van der Waals surface area contributed by atoms with E-state index in [-0.39, 0.29) is 29.8 Å². The van der Waals surface area contributed by atoms with Crippen molar-refractivity contribution in [1.29, 1.82) is 0 Å². The van der Waals surface area contributed by atoms with Crippen LogP contribution >= 0.6 is 0 Å². The highest BCUT2D eigenvalue weighted by atomic mass is 32.2. The Kier molecular flexibility index (Phi) is 10.2. The van der Waals surface area contributed by atoms with Crippen LogP contribution < -0.4 is 10.1 Å². The first-order valence-electron chi connectivity index (χ1n) is 13.3. The van der Waals surface area contributed by atoms with Crippen LogP contribution in [-0.4, -0.2) is 94.9 Å². The molecule has 9 heteroatoms. The lowest BCUT2D eigenvalue weighted by Crippen LogP contribution is -2.45. The molecule has 0 unspecified atom stereocenters. The quantitative estimate of drug-likeness (QED) is 0.509. The molecular weight excluding hydrogens is 476 g/mol. The monoisotopic (exact) mass is 522 g/mol. The van der Waals surface area contributed by atoms with Gasteiger partial charge in [-0.3, -0.25) is 4.79 Å². The molecule has 1 N–H and O–H groups in total. The minimum absolute atomic E-state index is 0.0746. The number of carbonyl (C=O) groups excluding carboxylic acids is 1. The van der Waals surface area contributed by atoms with Gasteiger partial charge in [-0.05, 0) is 109 Å². The van der Waals surface area contributed by atoms with Crippen LogP contribution in [0.25, 0.3) is 0 Å². The molecule has 204 valence electrons. The number of ether oxygens (including phenoxy) is 1. The maximum atomic E-state index is 13.2. The maximum Gasteiger partial charge on any atom is 0.243 e. The van der Waals surface area contributed by atoms with Crippen molar-refractivity contribution < 1.29 is 17.9 Å². The zero-order valence-electron chi connectivity index (χ0n) is 23.0. The average molecular weight is 523 g/mol. The number of nitrogens with one attached hydrogen (secondary N) is 1. The highest BCUT2D eigenvalue weighted by molar-refractivity contribution is 7.89. The molecule has 1 aliphatic carbocycles. The molecule has 0 aromatic heterocycles. The van der Waals surface area contributed by atoms with Crippen LogP contribution in [0.4, 0.5) is 0 Å². The third-order valence-electron chi connectivity index (χ3n) is 8.01. The number of nitrogens with zero attached hydrogens (tertiary/aromatic N) is 3.